The molecule has 1 aliphatic carbocycles. The molecule has 63 valence electrons. The van der Waals surface area contributed by atoms with E-state index in [-0.39, 0.29) is 6.61 Å². The van der Waals surface area contributed by atoms with E-state index in [0.29, 0.717) is 0 Å². The van der Waals surface area contributed by atoms with Crippen molar-refractivity contribution in [2.45, 2.75) is 31.7 Å². The molecule has 3 atom stereocenters. The fraction of sp³-hybridized carbons (Fsp3) is 1.00. The molecular weight excluding hydrogens is 138 g/mol. The van der Waals surface area contributed by atoms with E-state index in [1.54, 1.807) is 0 Å². The van der Waals surface area contributed by atoms with Gasteiger partial charge in [-0.3, -0.25) is 0 Å². The fourth-order valence-corrected chi connectivity index (χ4v) is 2.58. The third-order valence-corrected chi connectivity index (χ3v) is 3.24. The van der Waals surface area contributed by atoms with Crippen LogP contribution < -0.4 is 5.32 Å². The van der Waals surface area contributed by atoms with Crippen molar-refractivity contribution in [1.82, 2.24) is 5.32 Å². The number of nitrogens with one attached hydrogen (secondary N) is 1. The number of fused-ring (bicyclic) bond motifs is 1. The van der Waals surface area contributed by atoms with Crippen LogP contribution in [0.1, 0.15) is 25.7 Å². The van der Waals surface area contributed by atoms with Crippen molar-refractivity contribution in [2.75, 3.05) is 13.2 Å². The minimum Gasteiger partial charge on any atom is -0.313 e. The van der Waals surface area contributed by atoms with Crippen molar-refractivity contribution in [3.63, 3.8) is 0 Å². The molecule has 0 spiro atoms. The largest absolute Gasteiger partial charge is 0.313 e. The lowest BCUT2D eigenvalue weighted by molar-refractivity contribution is 0.120. The summed E-state index contributed by atoms with van der Waals surface area (Å²) in [5.74, 6) is 1.81. The lowest BCUT2D eigenvalue weighted by Gasteiger charge is -2.40. The quantitative estimate of drug-likeness (QED) is 0.650. The average molecular weight is 154 g/mol. The molecule has 0 aromatic heterocycles. The van der Waals surface area contributed by atoms with E-state index in [1.165, 1.54) is 19.4 Å². The Bertz CT molecular complexity index is 138. The second-order valence-electron chi connectivity index (χ2n) is 3.87. The summed E-state index contributed by atoms with van der Waals surface area (Å²) in [6.45, 7) is 1.33. The van der Waals surface area contributed by atoms with Gasteiger partial charge >= 0.3 is 0 Å². The molecule has 1 saturated carbocycles. The van der Waals surface area contributed by atoms with E-state index in [9.17, 15) is 5.11 Å². The van der Waals surface area contributed by atoms with Gasteiger partial charge in [0.2, 0.25) is 0 Å². The molecular formula is C9H16NO. The van der Waals surface area contributed by atoms with Crippen LogP contribution in [0.5, 0.6) is 0 Å². The molecule has 1 radical (unpaired) electrons. The third kappa shape index (κ3) is 1.30. The molecule has 0 bridgehead atoms. The molecule has 0 aromatic rings. The molecule has 2 rings (SSSR count). The van der Waals surface area contributed by atoms with Gasteiger partial charge in [-0.1, -0.05) is 0 Å². The topological polar surface area (TPSA) is 31.9 Å². The first-order valence-electron chi connectivity index (χ1n) is 4.73. The molecule has 0 aromatic carbocycles. The molecule has 1 heterocycles. The van der Waals surface area contributed by atoms with Gasteiger partial charge in [-0.15, -0.1) is 0 Å². The zero-order valence-corrected chi connectivity index (χ0v) is 6.88. The third-order valence-electron chi connectivity index (χ3n) is 3.24. The monoisotopic (exact) mass is 154 g/mol. The van der Waals surface area contributed by atoms with Gasteiger partial charge < -0.3 is 5.32 Å². The highest BCUT2D eigenvalue weighted by molar-refractivity contribution is 4.98. The predicted octanol–water partition coefficient (Wildman–Crippen LogP) is 1.20. The number of hydrogen-bond donors (Lipinski definition) is 1. The van der Waals surface area contributed by atoms with E-state index in [4.69, 9.17) is 0 Å². The predicted molar refractivity (Wildman–Crippen MR) is 42.8 cm³/mol. The summed E-state index contributed by atoms with van der Waals surface area (Å²) in [6, 6.07) is 0.793. The van der Waals surface area contributed by atoms with Gasteiger partial charge in [0, 0.05) is 6.04 Å². The molecule has 2 aliphatic rings. The minimum absolute atomic E-state index is 0.119. The van der Waals surface area contributed by atoms with Crippen LogP contribution >= 0.6 is 0 Å². The minimum atomic E-state index is 0.119. The van der Waals surface area contributed by atoms with Crippen LogP contribution in [-0.2, 0) is 5.11 Å². The van der Waals surface area contributed by atoms with Crippen LogP contribution in [0.15, 0.2) is 0 Å². The Labute approximate surface area is 68.0 Å². The number of hydrogen-bond acceptors (Lipinski definition) is 1. The van der Waals surface area contributed by atoms with Gasteiger partial charge in [0.05, 0.1) is 6.61 Å². The summed E-state index contributed by atoms with van der Waals surface area (Å²) in [5.41, 5.74) is 0. The molecule has 11 heavy (non-hydrogen) atoms. The SMILES string of the molecule is [O]CCCC1CC2CCNC12. The Kier molecular flexibility index (Phi) is 2.14. The maximum atomic E-state index is 10.2. The molecule has 1 aliphatic heterocycles. The Balaban J connectivity index is 1.73. The highest BCUT2D eigenvalue weighted by atomic mass is 16.2. The van der Waals surface area contributed by atoms with Crippen molar-refractivity contribution < 1.29 is 5.11 Å². The van der Waals surface area contributed by atoms with E-state index in [1.807, 2.05) is 0 Å². The highest BCUT2D eigenvalue weighted by Crippen LogP contribution is 2.42. The Morgan fingerprint density at radius 2 is 2.36 bits per heavy atom. The zero-order chi connectivity index (χ0) is 7.68. The molecule has 2 fully saturated rings. The molecule has 0 amide bonds. The van der Waals surface area contributed by atoms with Crippen LogP contribution in [0.3, 0.4) is 0 Å². The maximum absolute atomic E-state index is 10.2. The van der Waals surface area contributed by atoms with Crippen LogP contribution in [0, 0.1) is 11.8 Å². The normalized spacial score (nSPS) is 41.7. The van der Waals surface area contributed by atoms with Gasteiger partial charge in [-0.25, -0.2) is 5.11 Å². The van der Waals surface area contributed by atoms with Gasteiger partial charge in [-0.05, 0) is 44.1 Å². The Hall–Kier alpha value is -0.0800. The summed E-state index contributed by atoms with van der Waals surface area (Å²) in [5, 5.41) is 13.8. The summed E-state index contributed by atoms with van der Waals surface area (Å²) in [6.07, 6.45) is 4.81. The summed E-state index contributed by atoms with van der Waals surface area (Å²) in [4.78, 5) is 0. The summed E-state index contributed by atoms with van der Waals surface area (Å²) in [7, 11) is 0. The first-order valence-corrected chi connectivity index (χ1v) is 4.73. The smallest absolute Gasteiger partial charge is 0.0822 e. The second-order valence-corrected chi connectivity index (χ2v) is 3.87. The highest BCUT2D eigenvalue weighted by Gasteiger charge is 2.42. The van der Waals surface area contributed by atoms with Crippen LogP contribution in [0.2, 0.25) is 0 Å². The zero-order valence-electron chi connectivity index (χ0n) is 6.88. The summed E-state index contributed by atoms with van der Waals surface area (Å²) < 4.78 is 0. The average Bonchev–Trinajstić information content (AvgIpc) is 2.33. The van der Waals surface area contributed by atoms with Crippen LogP contribution in [-0.4, -0.2) is 19.2 Å². The molecule has 1 N–H and O–H groups in total. The van der Waals surface area contributed by atoms with Crippen molar-refractivity contribution >= 4 is 0 Å². The second kappa shape index (κ2) is 3.11. The van der Waals surface area contributed by atoms with Gasteiger partial charge in [0.1, 0.15) is 0 Å². The van der Waals surface area contributed by atoms with Gasteiger partial charge in [-0.2, -0.15) is 0 Å². The molecule has 2 nitrogen and oxygen atoms in total. The van der Waals surface area contributed by atoms with Crippen molar-refractivity contribution in [3.8, 4) is 0 Å². The first kappa shape index (κ1) is 7.56. The van der Waals surface area contributed by atoms with Crippen molar-refractivity contribution in [2.24, 2.45) is 11.8 Å². The fourth-order valence-electron chi connectivity index (χ4n) is 2.58. The van der Waals surface area contributed by atoms with Gasteiger partial charge in [0.15, 0.2) is 0 Å². The number of rotatable bonds is 3. The van der Waals surface area contributed by atoms with E-state index >= 15 is 0 Å². The molecule has 3 unspecified atom stereocenters. The van der Waals surface area contributed by atoms with E-state index in [0.717, 1.165) is 30.7 Å². The van der Waals surface area contributed by atoms with Gasteiger partial charge in [0.25, 0.3) is 0 Å². The van der Waals surface area contributed by atoms with Crippen molar-refractivity contribution in [3.05, 3.63) is 0 Å². The molecule has 1 saturated heterocycles. The van der Waals surface area contributed by atoms with Crippen LogP contribution in [0.4, 0.5) is 0 Å². The lowest BCUT2D eigenvalue weighted by Crippen LogP contribution is -2.45. The van der Waals surface area contributed by atoms with Crippen molar-refractivity contribution in [1.29, 1.82) is 0 Å². The van der Waals surface area contributed by atoms with Crippen LogP contribution in [0.25, 0.3) is 0 Å². The Morgan fingerprint density at radius 3 is 3.09 bits per heavy atom. The first-order chi connectivity index (χ1) is 5.42. The Morgan fingerprint density at radius 1 is 1.45 bits per heavy atom. The molecule has 2 heteroatoms. The summed E-state index contributed by atoms with van der Waals surface area (Å²) >= 11 is 0. The lowest BCUT2D eigenvalue weighted by atomic mass is 9.69. The van der Waals surface area contributed by atoms with E-state index in [2.05, 4.69) is 5.32 Å². The van der Waals surface area contributed by atoms with E-state index < -0.39 is 0 Å². The standard InChI is InChI=1S/C9H16NO/c11-5-1-2-7-6-8-3-4-10-9(7)8/h7-10H,1-6H2. The maximum Gasteiger partial charge on any atom is 0.0822 e.